The fourth-order valence-corrected chi connectivity index (χ4v) is 2.06. The molecule has 0 aliphatic carbocycles. The smallest absolute Gasteiger partial charge is 0.0472 e. The zero-order valence-corrected chi connectivity index (χ0v) is 10.6. The quantitative estimate of drug-likeness (QED) is 0.766. The van der Waals surface area contributed by atoms with Crippen molar-refractivity contribution in [2.45, 2.75) is 25.9 Å². The molecule has 1 aromatic heterocycles. The summed E-state index contributed by atoms with van der Waals surface area (Å²) in [6.45, 7) is 3.09. The van der Waals surface area contributed by atoms with Gasteiger partial charge in [-0.1, -0.05) is 17.7 Å². The van der Waals surface area contributed by atoms with Crippen LogP contribution in [-0.2, 0) is 6.54 Å². The van der Waals surface area contributed by atoms with Crippen molar-refractivity contribution in [1.82, 2.24) is 10.3 Å². The van der Waals surface area contributed by atoms with E-state index < -0.39 is 0 Å². The molecular formula is C13H17ClN2O. The van der Waals surface area contributed by atoms with Crippen LogP contribution < -0.4 is 5.32 Å². The number of nitrogens with one attached hydrogen (secondary N) is 2. The summed E-state index contributed by atoms with van der Waals surface area (Å²) in [6.07, 6.45) is 2.77. The van der Waals surface area contributed by atoms with Crippen molar-refractivity contribution in [3.63, 3.8) is 0 Å². The average Bonchev–Trinajstić information content (AvgIpc) is 2.69. The van der Waals surface area contributed by atoms with E-state index in [1.165, 1.54) is 10.9 Å². The van der Waals surface area contributed by atoms with Gasteiger partial charge < -0.3 is 15.4 Å². The zero-order chi connectivity index (χ0) is 12.3. The van der Waals surface area contributed by atoms with Crippen molar-refractivity contribution < 1.29 is 5.11 Å². The standard InChI is InChI=1S/C13H17ClN2O/c1-9(4-5-17)15-7-10-8-16-13-6-11(14)2-3-12(10)13/h2-3,6,8-9,15-17H,4-5,7H2,1H3. The highest BCUT2D eigenvalue weighted by atomic mass is 35.5. The maximum absolute atomic E-state index is 8.84. The Morgan fingerprint density at radius 2 is 2.29 bits per heavy atom. The summed E-state index contributed by atoms with van der Waals surface area (Å²) in [5, 5.41) is 14.2. The van der Waals surface area contributed by atoms with E-state index in [9.17, 15) is 0 Å². The van der Waals surface area contributed by atoms with Gasteiger partial charge in [0.2, 0.25) is 0 Å². The number of hydrogen-bond acceptors (Lipinski definition) is 2. The van der Waals surface area contributed by atoms with Gasteiger partial charge in [0.05, 0.1) is 0 Å². The maximum Gasteiger partial charge on any atom is 0.0472 e. The van der Waals surface area contributed by atoms with Crippen molar-refractivity contribution in [2.75, 3.05) is 6.61 Å². The number of rotatable bonds is 5. The molecule has 1 unspecified atom stereocenters. The van der Waals surface area contributed by atoms with Crippen LogP contribution in [0, 0.1) is 0 Å². The number of aliphatic hydroxyl groups excluding tert-OH is 1. The van der Waals surface area contributed by atoms with Gasteiger partial charge in [-0.15, -0.1) is 0 Å². The fourth-order valence-electron chi connectivity index (χ4n) is 1.88. The van der Waals surface area contributed by atoms with Crippen LogP contribution in [0.15, 0.2) is 24.4 Å². The monoisotopic (exact) mass is 252 g/mol. The molecule has 1 aromatic carbocycles. The van der Waals surface area contributed by atoms with Gasteiger partial charge in [-0.3, -0.25) is 0 Å². The fraction of sp³-hybridized carbons (Fsp3) is 0.385. The second kappa shape index (κ2) is 5.54. The molecular weight excluding hydrogens is 236 g/mol. The Kier molecular flexibility index (Phi) is 4.05. The van der Waals surface area contributed by atoms with Crippen molar-refractivity contribution in [2.24, 2.45) is 0 Å². The Morgan fingerprint density at radius 3 is 3.06 bits per heavy atom. The SMILES string of the molecule is CC(CCO)NCc1c[nH]c2cc(Cl)ccc12. The lowest BCUT2D eigenvalue weighted by Gasteiger charge is -2.11. The largest absolute Gasteiger partial charge is 0.396 e. The highest BCUT2D eigenvalue weighted by molar-refractivity contribution is 6.31. The van der Waals surface area contributed by atoms with Crippen molar-refractivity contribution >= 4 is 22.5 Å². The molecule has 0 aliphatic heterocycles. The highest BCUT2D eigenvalue weighted by Crippen LogP contribution is 2.21. The minimum absolute atomic E-state index is 0.220. The first kappa shape index (κ1) is 12.4. The Balaban J connectivity index is 2.09. The van der Waals surface area contributed by atoms with Crippen LogP contribution in [-0.4, -0.2) is 22.7 Å². The molecule has 0 saturated carbocycles. The molecule has 0 aliphatic rings. The highest BCUT2D eigenvalue weighted by Gasteiger charge is 2.05. The Morgan fingerprint density at radius 1 is 1.47 bits per heavy atom. The number of fused-ring (bicyclic) bond motifs is 1. The van der Waals surface area contributed by atoms with Gasteiger partial charge >= 0.3 is 0 Å². The van der Waals surface area contributed by atoms with Gasteiger partial charge in [0.15, 0.2) is 0 Å². The second-order valence-electron chi connectivity index (χ2n) is 4.30. The minimum atomic E-state index is 0.220. The van der Waals surface area contributed by atoms with Crippen molar-refractivity contribution in [1.29, 1.82) is 0 Å². The predicted molar refractivity (Wildman–Crippen MR) is 71.3 cm³/mol. The molecule has 0 amide bonds. The van der Waals surface area contributed by atoms with E-state index >= 15 is 0 Å². The third kappa shape index (κ3) is 3.00. The minimum Gasteiger partial charge on any atom is -0.396 e. The molecule has 17 heavy (non-hydrogen) atoms. The van der Waals surface area contributed by atoms with E-state index in [-0.39, 0.29) is 6.61 Å². The number of H-pyrrole nitrogens is 1. The van der Waals surface area contributed by atoms with Crippen molar-refractivity contribution in [3.05, 3.63) is 35.0 Å². The lowest BCUT2D eigenvalue weighted by molar-refractivity contribution is 0.269. The van der Waals surface area contributed by atoms with Gasteiger partial charge in [-0.25, -0.2) is 0 Å². The number of halogens is 1. The molecule has 0 saturated heterocycles. The van der Waals surface area contributed by atoms with Crippen LogP contribution in [0.4, 0.5) is 0 Å². The van der Waals surface area contributed by atoms with Gasteiger partial charge in [0.1, 0.15) is 0 Å². The number of benzene rings is 1. The van der Waals surface area contributed by atoms with Crippen LogP contribution in [0.5, 0.6) is 0 Å². The average molecular weight is 253 g/mol. The van der Waals surface area contributed by atoms with Crippen LogP contribution >= 0.6 is 11.6 Å². The predicted octanol–water partition coefficient (Wildman–Crippen LogP) is 2.68. The van der Waals surface area contributed by atoms with E-state index in [0.29, 0.717) is 6.04 Å². The molecule has 0 spiro atoms. The molecule has 0 fully saturated rings. The molecule has 4 heteroatoms. The molecule has 3 nitrogen and oxygen atoms in total. The van der Waals surface area contributed by atoms with E-state index in [2.05, 4.69) is 17.2 Å². The Labute approximate surface area is 106 Å². The number of aromatic amines is 1. The molecule has 0 radical (unpaired) electrons. The Bertz CT molecular complexity index is 495. The third-order valence-electron chi connectivity index (χ3n) is 2.93. The van der Waals surface area contributed by atoms with Crippen LogP contribution in [0.3, 0.4) is 0 Å². The van der Waals surface area contributed by atoms with Crippen molar-refractivity contribution in [3.8, 4) is 0 Å². The summed E-state index contributed by atoms with van der Waals surface area (Å²) < 4.78 is 0. The summed E-state index contributed by atoms with van der Waals surface area (Å²) in [5.74, 6) is 0. The molecule has 1 atom stereocenters. The maximum atomic E-state index is 8.84. The van der Waals surface area contributed by atoms with Gasteiger partial charge in [-0.05, 0) is 31.0 Å². The second-order valence-corrected chi connectivity index (χ2v) is 4.73. The van der Waals surface area contributed by atoms with E-state index in [4.69, 9.17) is 16.7 Å². The van der Waals surface area contributed by atoms with Gasteiger partial charge in [0.25, 0.3) is 0 Å². The van der Waals surface area contributed by atoms with E-state index in [1.54, 1.807) is 0 Å². The topological polar surface area (TPSA) is 48.0 Å². The number of aromatic nitrogens is 1. The summed E-state index contributed by atoms with van der Waals surface area (Å²) in [4.78, 5) is 3.21. The van der Waals surface area contributed by atoms with E-state index in [0.717, 1.165) is 23.5 Å². The number of hydrogen-bond donors (Lipinski definition) is 3. The summed E-state index contributed by atoms with van der Waals surface area (Å²) in [6, 6.07) is 6.18. The lowest BCUT2D eigenvalue weighted by atomic mass is 10.1. The van der Waals surface area contributed by atoms with Crippen LogP contribution in [0.1, 0.15) is 18.9 Å². The molecule has 2 aromatic rings. The van der Waals surface area contributed by atoms with E-state index in [1.807, 2.05) is 24.4 Å². The van der Waals surface area contributed by atoms with Crippen LogP contribution in [0.2, 0.25) is 5.02 Å². The van der Waals surface area contributed by atoms with Crippen LogP contribution in [0.25, 0.3) is 10.9 Å². The summed E-state index contributed by atoms with van der Waals surface area (Å²) in [5.41, 5.74) is 2.28. The third-order valence-corrected chi connectivity index (χ3v) is 3.17. The van der Waals surface area contributed by atoms with Gasteiger partial charge in [0, 0.05) is 41.3 Å². The lowest BCUT2D eigenvalue weighted by Crippen LogP contribution is -2.26. The molecule has 92 valence electrons. The summed E-state index contributed by atoms with van der Waals surface area (Å²) in [7, 11) is 0. The van der Waals surface area contributed by atoms with Gasteiger partial charge in [-0.2, -0.15) is 0 Å². The normalized spacial score (nSPS) is 13.1. The molecule has 3 N–H and O–H groups in total. The molecule has 2 rings (SSSR count). The number of aliphatic hydroxyl groups is 1. The first-order valence-electron chi connectivity index (χ1n) is 5.80. The molecule has 1 heterocycles. The first-order valence-corrected chi connectivity index (χ1v) is 6.18. The Hall–Kier alpha value is -1.03. The zero-order valence-electron chi connectivity index (χ0n) is 9.83. The first-order chi connectivity index (χ1) is 8.20. The summed E-state index contributed by atoms with van der Waals surface area (Å²) >= 11 is 5.93. The molecule has 0 bridgehead atoms.